The Morgan fingerprint density at radius 2 is 2.26 bits per heavy atom. The lowest BCUT2D eigenvalue weighted by atomic mass is 9.99. The minimum atomic E-state index is -0.128. The van der Waals surface area contributed by atoms with Gasteiger partial charge >= 0.3 is 0 Å². The topological polar surface area (TPSA) is 71.2 Å². The van der Waals surface area contributed by atoms with Crippen LogP contribution in [0.1, 0.15) is 36.2 Å². The number of aromatic nitrogens is 3. The summed E-state index contributed by atoms with van der Waals surface area (Å²) >= 11 is 5.97. The molecule has 1 atom stereocenters. The van der Waals surface area contributed by atoms with Crippen molar-refractivity contribution in [2.24, 2.45) is 0 Å². The molecule has 1 saturated heterocycles. The van der Waals surface area contributed by atoms with Crippen LogP contribution in [0.5, 0.6) is 0 Å². The summed E-state index contributed by atoms with van der Waals surface area (Å²) in [5.74, 6) is -0.128. The van der Waals surface area contributed by atoms with E-state index in [2.05, 4.69) is 10.2 Å². The summed E-state index contributed by atoms with van der Waals surface area (Å²) in [6, 6.07) is 7.23. The van der Waals surface area contributed by atoms with Gasteiger partial charge in [-0.25, -0.2) is 0 Å². The fourth-order valence-electron chi connectivity index (χ4n) is 2.95. The fraction of sp³-hybridized carbons (Fsp3) is 0.438. The molecule has 2 heterocycles. The Hall–Kier alpha value is -1.92. The summed E-state index contributed by atoms with van der Waals surface area (Å²) in [6.07, 6.45) is 5.08. The van der Waals surface area contributed by atoms with Crippen LogP contribution in [0.25, 0.3) is 5.69 Å². The predicted octanol–water partition coefficient (Wildman–Crippen LogP) is 2.30. The highest BCUT2D eigenvalue weighted by atomic mass is 35.5. The van der Waals surface area contributed by atoms with Crippen molar-refractivity contribution in [3.05, 3.63) is 41.2 Å². The molecule has 1 aliphatic rings. The third kappa shape index (κ3) is 3.54. The van der Waals surface area contributed by atoms with Crippen molar-refractivity contribution >= 4 is 17.5 Å². The van der Waals surface area contributed by atoms with Crippen LogP contribution in [-0.2, 0) is 0 Å². The number of aliphatic hydroxyl groups is 1. The van der Waals surface area contributed by atoms with Gasteiger partial charge in [-0.2, -0.15) is 9.90 Å². The van der Waals surface area contributed by atoms with E-state index in [0.29, 0.717) is 29.4 Å². The zero-order valence-electron chi connectivity index (χ0n) is 12.7. The van der Waals surface area contributed by atoms with Crippen LogP contribution in [0.2, 0.25) is 5.02 Å². The van der Waals surface area contributed by atoms with Gasteiger partial charge in [0.1, 0.15) is 0 Å². The normalized spacial score (nSPS) is 18.2. The maximum atomic E-state index is 12.7. The molecule has 1 amide bonds. The first kappa shape index (κ1) is 16.0. The first-order chi connectivity index (χ1) is 11.2. The van der Waals surface area contributed by atoms with Gasteiger partial charge in [0.15, 0.2) is 5.69 Å². The number of hydrogen-bond acceptors (Lipinski definition) is 4. The van der Waals surface area contributed by atoms with Crippen molar-refractivity contribution in [3.8, 4) is 5.69 Å². The minimum absolute atomic E-state index is 0.0811. The second kappa shape index (κ2) is 7.10. The highest BCUT2D eigenvalue weighted by Crippen LogP contribution is 2.21. The summed E-state index contributed by atoms with van der Waals surface area (Å²) in [4.78, 5) is 15.9. The number of hydrogen-bond donors (Lipinski definition) is 1. The standard InChI is InChI=1S/C16H19ClN4O2/c17-12-4-3-6-14(10-12)21-18-11-15(19-21)16(23)20-8-2-1-5-13(20)7-9-22/h3-4,6,10-11,13,22H,1-2,5,7-9H2. The van der Waals surface area contributed by atoms with Crippen molar-refractivity contribution in [1.82, 2.24) is 19.9 Å². The predicted molar refractivity (Wildman–Crippen MR) is 86.7 cm³/mol. The van der Waals surface area contributed by atoms with Gasteiger partial charge in [-0.1, -0.05) is 17.7 Å². The third-order valence-electron chi connectivity index (χ3n) is 4.10. The molecule has 3 rings (SSSR count). The van der Waals surface area contributed by atoms with Gasteiger partial charge in [0.2, 0.25) is 0 Å². The van der Waals surface area contributed by atoms with E-state index in [1.54, 1.807) is 12.1 Å². The van der Waals surface area contributed by atoms with Gasteiger partial charge in [-0.05, 0) is 43.9 Å². The fourth-order valence-corrected chi connectivity index (χ4v) is 3.13. The van der Waals surface area contributed by atoms with Crippen molar-refractivity contribution in [2.75, 3.05) is 13.2 Å². The van der Waals surface area contributed by atoms with E-state index in [9.17, 15) is 9.90 Å². The van der Waals surface area contributed by atoms with Gasteiger partial charge in [0.05, 0.1) is 11.9 Å². The van der Waals surface area contributed by atoms with Crippen LogP contribution in [-0.4, -0.2) is 50.1 Å². The molecule has 1 aliphatic heterocycles. The molecular formula is C16H19ClN4O2. The minimum Gasteiger partial charge on any atom is -0.396 e. The van der Waals surface area contributed by atoms with Crippen LogP contribution < -0.4 is 0 Å². The zero-order valence-corrected chi connectivity index (χ0v) is 13.5. The van der Waals surface area contributed by atoms with Crippen LogP contribution in [0.3, 0.4) is 0 Å². The number of piperidine rings is 1. The molecule has 0 spiro atoms. The smallest absolute Gasteiger partial charge is 0.276 e. The number of halogens is 1. The highest BCUT2D eigenvalue weighted by Gasteiger charge is 2.28. The Balaban J connectivity index is 1.80. The summed E-state index contributed by atoms with van der Waals surface area (Å²) in [7, 11) is 0. The van der Waals surface area contributed by atoms with Crippen molar-refractivity contribution < 1.29 is 9.90 Å². The molecule has 7 heteroatoms. The molecule has 0 aliphatic carbocycles. The van der Waals surface area contributed by atoms with Crippen molar-refractivity contribution in [2.45, 2.75) is 31.7 Å². The number of nitrogens with zero attached hydrogens (tertiary/aromatic N) is 4. The Kier molecular flexibility index (Phi) is 4.93. The summed E-state index contributed by atoms with van der Waals surface area (Å²) in [5, 5.41) is 18.2. The molecule has 1 aromatic heterocycles. The summed E-state index contributed by atoms with van der Waals surface area (Å²) < 4.78 is 0. The quantitative estimate of drug-likeness (QED) is 0.931. The maximum absolute atomic E-state index is 12.7. The molecule has 122 valence electrons. The highest BCUT2D eigenvalue weighted by molar-refractivity contribution is 6.30. The zero-order chi connectivity index (χ0) is 16.2. The second-order valence-corrected chi connectivity index (χ2v) is 6.10. The number of rotatable bonds is 4. The number of carbonyl (C=O) groups excluding carboxylic acids is 1. The van der Waals surface area contributed by atoms with Crippen LogP contribution in [0, 0.1) is 0 Å². The maximum Gasteiger partial charge on any atom is 0.276 e. The first-order valence-corrected chi connectivity index (χ1v) is 8.17. The van der Waals surface area contributed by atoms with Crippen molar-refractivity contribution in [3.63, 3.8) is 0 Å². The average Bonchev–Trinajstić information content (AvgIpc) is 3.05. The first-order valence-electron chi connectivity index (χ1n) is 7.79. The van der Waals surface area contributed by atoms with E-state index in [4.69, 9.17) is 11.6 Å². The molecule has 0 bridgehead atoms. The number of benzene rings is 1. The number of carbonyl (C=O) groups is 1. The third-order valence-corrected chi connectivity index (χ3v) is 4.34. The summed E-state index contributed by atoms with van der Waals surface area (Å²) in [6.45, 7) is 0.789. The molecule has 1 fully saturated rings. The molecule has 1 N–H and O–H groups in total. The summed E-state index contributed by atoms with van der Waals surface area (Å²) in [5.41, 5.74) is 1.02. The molecular weight excluding hydrogens is 316 g/mol. The molecule has 1 unspecified atom stereocenters. The number of amides is 1. The average molecular weight is 335 g/mol. The van der Waals surface area contributed by atoms with E-state index in [1.807, 2.05) is 17.0 Å². The Bertz CT molecular complexity index is 686. The molecule has 0 radical (unpaired) electrons. The van der Waals surface area contributed by atoms with E-state index >= 15 is 0 Å². The Labute approximate surface area is 139 Å². The van der Waals surface area contributed by atoms with Crippen LogP contribution in [0.15, 0.2) is 30.5 Å². The lowest BCUT2D eigenvalue weighted by molar-refractivity contribution is 0.0568. The number of aliphatic hydroxyl groups excluding tert-OH is 1. The van der Waals surface area contributed by atoms with E-state index in [-0.39, 0.29) is 18.6 Å². The SMILES string of the molecule is O=C(c1cnn(-c2cccc(Cl)c2)n1)N1CCCCC1CCO. The van der Waals surface area contributed by atoms with Gasteiger partial charge < -0.3 is 10.0 Å². The Morgan fingerprint density at radius 1 is 1.39 bits per heavy atom. The Morgan fingerprint density at radius 3 is 3.04 bits per heavy atom. The largest absolute Gasteiger partial charge is 0.396 e. The molecule has 1 aromatic carbocycles. The van der Waals surface area contributed by atoms with E-state index in [1.165, 1.54) is 11.0 Å². The molecule has 23 heavy (non-hydrogen) atoms. The molecule has 2 aromatic rings. The van der Waals surface area contributed by atoms with E-state index < -0.39 is 0 Å². The monoisotopic (exact) mass is 334 g/mol. The second-order valence-electron chi connectivity index (χ2n) is 5.66. The van der Waals surface area contributed by atoms with Gasteiger partial charge in [0, 0.05) is 24.2 Å². The lowest BCUT2D eigenvalue weighted by Gasteiger charge is -2.35. The van der Waals surface area contributed by atoms with Crippen LogP contribution >= 0.6 is 11.6 Å². The lowest BCUT2D eigenvalue weighted by Crippen LogP contribution is -2.44. The van der Waals surface area contributed by atoms with Gasteiger partial charge in [-0.3, -0.25) is 4.79 Å². The molecule has 6 nitrogen and oxygen atoms in total. The van der Waals surface area contributed by atoms with Crippen molar-refractivity contribution in [1.29, 1.82) is 0 Å². The van der Waals surface area contributed by atoms with Crippen LogP contribution in [0.4, 0.5) is 0 Å². The van der Waals surface area contributed by atoms with E-state index in [0.717, 1.165) is 19.3 Å². The van der Waals surface area contributed by atoms with Gasteiger partial charge in [0.25, 0.3) is 5.91 Å². The van der Waals surface area contributed by atoms with Gasteiger partial charge in [-0.15, -0.1) is 5.10 Å². The number of likely N-dealkylation sites (tertiary alicyclic amines) is 1. The molecule has 0 saturated carbocycles.